The van der Waals surface area contributed by atoms with Crippen molar-refractivity contribution in [3.63, 3.8) is 0 Å². The third kappa shape index (κ3) is 3.53. The third-order valence-electron chi connectivity index (χ3n) is 5.58. The van der Waals surface area contributed by atoms with E-state index in [1.807, 2.05) is 0 Å². The van der Waals surface area contributed by atoms with E-state index in [1.165, 1.54) is 15.3 Å². The van der Waals surface area contributed by atoms with E-state index in [-0.39, 0.29) is 19.0 Å². The number of nitrogens with one attached hydrogen (secondary N) is 1. The fourth-order valence-corrected chi connectivity index (χ4v) is 4.09. The van der Waals surface area contributed by atoms with Gasteiger partial charge >= 0.3 is 0 Å². The number of likely N-dealkylation sites (N-methyl/N-ethyl adjacent to an activating group) is 1. The van der Waals surface area contributed by atoms with Crippen molar-refractivity contribution in [3.8, 4) is 11.3 Å². The second-order valence-corrected chi connectivity index (χ2v) is 8.00. The van der Waals surface area contributed by atoms with Gasteiger partial charge in [-0.05, 0) is 32.2 Å². The number of imidazole rings is 1. The Morgan fingerprint density at radius 3 is 2.75 bits per heavy atom. The van der Waals surface area contributed by atoms with Crippen molar-refractivity contribution in [1.29, 1.82) is 0 Å². The molecule has 0 unspecified atom stereocenters. The molecule has 1 fully saturated rings. The summed E-state index contributed by atoms with van der Waals surface area (Å²) < 4.78 is 57.1. The number of fused-ring (bicyclic) bond motifs is 2. The van der Waals surface area contributed by atoms with Crippen molar-refractivity contribution in [1.82, 2.24) is 34.0 Å². The van der Waals surface area contributed by atoms with Crippen LogP contribution in [0.2, 0.25) is 0 Å². The maximum absolute atomic E-state index is 14.1. The summed E-state index contributed by atoms with van der Waals surface area (Å²) in [5.74, 6) is -2.33. The molecule has 32 heavy (non-hydrogen) atoms. The zero-order valence-corrected chi connectivity index (χ0v) is 17.3. The van der Waals surface area contributed by atoms with E-state index in [0.717, 1.165) is 0 Å². The third-order valence-corrected chi connectivity index (χ3v) is 5.58. The van der Waals surface area contributed by atoms with E-state index in [4.69, 9.17) is 0 Å². The molecule has 0 aromatic carbocycles. The lowest BCUT2D eigenvalue weighted by Crippen LogP contribution is -2.38. The lowest BCUT2D eigenvalue weighted by molar-refractivity contribution is 0.00584. The molecule has 1 aliphatic rings. The van der Waals surface area contributed by atoms with Gasteiger partial charge < -0.3 is 9.88 Å². The van der Waals surface area contributed by atoms with Crippen LogP contribution >= 0.6 is 0 Å². The molecule has 8 nitrogen and oxygen atoms in total. The normalized spacial score (nSPS) is 18.9. The number of likely N-dealkylation sites (tertiary alicyclic amines) is 1. The van der Waals surface area contributed by atoms with Gasteiger partial charge in [-0.25, -0.2) is 37.0 Å². The second-order valence-electron chi connectivity index (χ2n) is 8.00. The Labute approximate surface area is 179 Å². The first kappa shape index (κ1) is 20.6. The summed E-state index contributed by atoms with van der Waals surface area (Å²) in [6.45, 7) is 1.03. The van der Waals surface area contributed by atoms with E-state index in [2.05, 4.69) is 25.4 Å². The first-order valence-corrected chi connectivity index (χ1v) is 10.0. The van der Waals surface area contributed by atoms with Crippen molar-refractivity contribution in [3.05, 3.63) is 36.4 Å². The highest BCUT2D eigenvalue weighted by molar-refractivity contribution is 5.82. The first-order chi connectivity index (χ1) is 15.2. The summed E-state index contributed by atoms with van der Waals surface area (Å²) in [7, 11) is 1.64. The molecule has 4 aromatic heterocycles. The van der Waals surface area contributed by atoms with Gasteiger partial charge in [0.25, 0.3) is 12.3 Å². The van der Waals surface area contributed by atoms with Crippen LogP contribution in [0.25, 0.3) is 27.9 Å². The molecule has 1 aliphatic heterocycles. The fourth-order valence-electron chi connectivity index (χ4n) is 4.09. The van der Waals surface area contributed by atoms with E-state index < -0.39 is 24.9 Å². The molecule has 5 rings (SSSR count). The lowest BCUT2D eigenvalue weighted by atomic mass is 10.2. The molecule has 0 bridgehead atoms. The van der Waals surface area contributed by atoms with Gasteiger partial charge in [0.2, 0.25) is 5.95 Å². The molecule has 4 aromatic rings. The number of alkyl halides is 4. The van der Waals surface area contributed by atoms with Gasteiger partial charge in [-0.1, -0.05) is 0 Å². The van der Waals surface area contributed by atoms with Crippen LogP contribution in [-0.2, 0) is 6.54 Å². The Balaban J connectivity index is 1.48. The Morgan fingerprint density at radius 2 is 2.03 bits per heavy atom. The minimum atomic E-state index is -2.88. The van der Waals surface area contributed by atoms with Gasteiger partial charge in [0.05, 0.1) is 30.5 Å². The molecule has 0 radical (unpaired) electrons. The van der Waals surface area contributed by atoms with Crippen LogP contribution in [0.3, 0.4) is 0 Å². The van der Waals surface area contributed by atoms with Crippen molar-refractivity contribution in [2.75, 3.05) is 25.5 Å². The number of hydrogen-bond donors (Lipinski definition) is 1. The Kier molecular flexibility index (Phi) is 4.77. The first-order valence-electron chi connectivity index (χ1n) is 10.0. The predicted molar refractivity (Wildman–Crippen MR) is 110 cm³/mol. The summed E-state index contributed by atoms with van der Waals surface area (Å²) in [4.78, 5) is 14.6. The van der Waals surface area contributed by atoms with Crippen LogP contribution in [0.4, 0.5) is 23.5 Å². The minimum absolute atomic E-state index is 0.0914. The molecule has 5 heterocycles. The van der Waals surface area contributed by atoms with E-state index in [9.17, 15) is 17.6 Å². The fraction of sp³-hybridized carbons (Fsp3) is 0.400. The van der Waals surface area contributed by atoms with Crippen molar-refractivity contribution in [2.45, 2.75) is 31.9 Å². The number of nitrogens with zero attached hydrogens (tertiary/aromatic N) is 7. The van der Waals surface area contributed by atoms with Crippen LogP contribution in [0.5, 0.6) is 0 Å². The quantitative estimate of drug-likeness (QED) is 0.473. The largest absolute Gasteiger partial charge is 0.343 e. The van der Waals surface area contributed by atoms with Gasteiger partial charge in [-0.3, -0.25) is 4.90 Å². The van der Waals surface area contributed by atoms with Gasteiger partial charge in [-0.2, -0.15) is 0 Å². The zero-order chi connectivity index (χ0) is 22.6. The van der Waals surface area contributed by atoms with E-state index >= 15 is 0 Å². The average Bonchev–Trinajstić information content (AvgIpc) is 3.34. The molecule has 12 heteroatoms. The highest BCUT2D eigenvalue weighted by atomic mass is 19.3. The van der Waals surface area contributed by atoms with Crippen LogP contribution in [0.1, 0.15) is 5.82 Å². The molecule has 0 spiro atoms. The molecule has 168 valence electrons. The number of halogens is 4. The summed E-state index contributed by atoms with van der Waals surface area (Å²) in [6.07, 6.45) is 0.664. The van der Waals surface area contributed by atoms with Gasteiger partial charge in [0, 0.05) is 18.3 Å². The Hall–Kier alpha value is -3.28. The SMILES string of the molecule is Cc1nc2ccc(-c3ccn4nc(N[C@@H]5CN(C)CC5(F)F)ncc34)nc2n1CC(F)F. The van der Waals surface area contributed by atoms with E-state index in [1.54, 1.807) is 43.3 Å². The maximum atomic E-state index is 14.1. The highest BCUT2D eigenvalue weighted by Crippen LogP contribution is 2.29. The lowest BCUT2D eigenvalue weighted by Gasteiger charge is -2.18. The summed E-state index contributed by atoms with van der Waals surface area (Å²) >= 11 is 0. The molecule has 0 saturated carbocycles. The Morgan fingerprint density at radius 1 is 1.22 bits per heavy atom. The minimum Gasteiger partial charge on any atom is -0.343 e. The van der Waals surface area contributed by atoms with Gasteiger partial charge in [-0.15, -0.1) is 5.10 Å². The summed E-state index contributed by atoms with van der Waals surface area (Å²) in [5.41, 5.74) is 2.73. The van der Waals surface area contributed by atoms with Crippen molar-refractivity contribution < 1.29 is 17.6 Å². The smallest absolute Gasteiger partial charge is 0.281 e. The monoisotopic (exact) mass is 448 g/mol. The molecular weight excluding hydrogens is 428 g/mol. The number of rotatable bonds is 5. The van der Waals surface area contributed by atoms with Gasteiger partial charge in [0.15, 0.2) is 5.65 Å². The van der Waals surface area contributed by atoms with Crippen molar-refractivity contribution >= 4 is 22.6 Å². The van der Waals surface area contributed by atoms with Crippen LogP contribution in [-0.4, -0.2) is 72.6 Å². The molecule has 0 amide bonds. The van der Waals surface area contributed by atoms with Crippen LogP contribution in [0.15, 0.2) is 30.6 Å². The average molecular weight is 448 g/mol. The number of aryl methyl sites for hydroxylation is 1. The molecule has 0 aliphatic carbocycles. The van der Waals surface area contributed by atoms with Gasteiger partial charge in [0.1, 0.15) is 17.4 Å². The second kappa shape index (κ2) is 7.40. The number of aromatic nitrogens is 6. The number of pyridine rings is 1. The summed E-state index contributed by atoms with van der Waals surface area (Å²) in [5, 5.41) is 7.02. The Bertz CT molecular complexity index is 1300. The van der Waals surface area contributed by atoms with Crippen LogP contribution in [0, 0.1) is 6.92 Å². The van der Waals surface area contributed by atoms with Crippen LogP contribution < -0.4 is 5.32 Å². The highest BCUT2D eigenvalue weighted by Gasteiger charge is 2.47. The molecular formula is C20H20F4N8. The topological polar surface area (TPSA) is 76.2 Å². The summed E-state index contributed by atoms with van der Waals surface area (Å²) in [6, 6.07) is 4.16. The van der Waals surface area contributed by atoms with Crippen molar-refractivity contribution in [2.24, 2.45) is 0 Å². The standard InChI is InChI=1S/C20H20F4N8/c1-11-26-14-4-3-13(27-18(14)31(11)9-17(21)22)12-5-6-32-15(12)7-25-19(29-32)28-16-8-30(2)10-20(16,23)24/h3-7,16-17H,8-10H2,1-2H3,(H,28,29)/t16-/m1/s1. The molecule has 1 atom stereocenters. The zero-order valence-electron chi connectivity index (χ0n) is 17.3. The number of anilines is 1. The van der Waals surface area contributed by atoms with E-state index in [0.29, 0.717) is 33.8 Å². The predicted octanol–water partition coefficient (Wildman–Crippen LogP) is 3.08. The molecule has 1 N–H and O–H groups in total. The molecule has 1 saturated heterocycles. The maximum Gasteiger partial charge on any atom is 0.281 e. The number of hydrogen-bond acceptors (Lipinski definition) is 6.